The lowest BCUT2D eigenvalue weighted by molar-refractivity contribution is -0.137. The van der Waals surface area contributed by atoms with Gasteiger partial charge in [-0.1, -0.05) is 11.6 Å². The third-order valence-corrected chi connectivity index (χ3v) is 1.87. The molecule has 1 aromatic heterocycles. The molecule has 0 atom stereocenters. The molecule has 0 aliphatic heterocycles. The largest absolute Gasteiger partial charge is 0.418 e. The Labute approximate surface area is 95.6 Å². The summed E-state index contributed by atoms with van der Waals surface area (Å²) >= 11 is 5.40. The summed E-state index contributed by atoms with van der Waals surface area (Å²) in [6, 6.07) is 0.808. The number of hydrogen-bond acceptors (Lipinski definition) is 2. The van der Waals surface area contributed by atoms with Crippen molar-refractivity contribution < 1.29 is 13.2 Å². The SMILES string of the molecule is CN(C)/C=N/c1cc(C(F)(F)F)c(Cl)cn1. The molecule has 0 saturated heterocycles. The Bertz CT molecular complexity index is 401. The molecule has 3 nitrogen and oxygen atoms in total. The lowest BCUT2D eigenvalue weighted by Gasteiger charge is -2.08. The monoisotopic (exact) mass is 251 g/mol. The molecular formula is C9H9ClF3N3. The summed E-state index contributed by atoms with van der Waals surface area (Å²) in [6.07, 6.45) is -2.20. The summed E-state index contributed by atoms with van der Waals surface area (Å²) in [5, 5.41) is -0.434. The summed E-state index contributed by atoms with van der Waals surface area (Å²) in [5.74, 6) is -0.0366. The Balaban J connectivity index is 3.08. The van der Waals surface area contributed by atoms with Gasteiger partial charge in [-0.2, -0.15) is 13.2 Å². The molecule has 0 radical (unpaired) electrons. The molecular weight excluding hydrogens is 243 g/mol. The van der Waals surface area contributed by atoms with E-state index in [-0.39, 0.29) is 5.82 Å². The zero-order valence-corrected chi connectivity index (χ0v) is 9.34. The molecule has 0 unspecified atom stereocenters. The molecule has 0 spiro atoms. The van der Waals surface area contributed by atoms with Gasteiger partial charge in [0.25, 0.3) is 0 Å². The summed E-state index contributed by atoms with van der Waals surface area (Å²) in [4.78, 5) is 9.01. The van der Waals surface area contributed by atoms with Crippen LogP contribution >= 0.6 is 11.6 Å². The maximum absolute atomic E-state index is 12.5. The highest BCUT2D eigenvalue weighted by Gasteiger charge is 2.33. The molecule has 88 valence electrons. The molecule has 7 heteroatoms. The van der Waals surface area contributed by atoms with E-state index in [9.17, 15) is 13.2 Å². The fourth-order valence-corrected chi connectivity index (χ4v) is 1.10. The van der Waals surface area contributed by atoms with Crippen molar-refractivity contribution in [2.45, 2.75) is 6.18 Å². The van der Waals surface area contributed by atoms with Gasteiger partial charge in [0.2, 0.25) is 0 Å². The highest BCUT2D eigenvalue weighted by Crippen LogP contribution is 2.35. The predicted molar refractivity (Wildman–Crippen MR) is 56.1 cm³/mol. The lowest BCUT2D eigenvalue weighted by Crippen LogP contribution is -2.08. The maximum Gasteiger partial charge on any atom is 0.418 e. The van der Waals surface area contributed by atoms with Gasteiger partial charge >= 0.3 is 6.18 Å². The fraction of sp³-hybridized carbons (Fsp3) is 0.333. The van der Waals surface area contributed by atoms with Crippen molar-refractivity contribution in [1.82, 2.24) is 9.88 Å². The molecule has 1 rings (SSSR count). The Kier molecular flexibility index (Phi) is 3.74. The molecule has 0 aliphatic carbocycles. The van der Waals surface area contributed by atoms with E-state index in [0.717, 1.165) is 12.3 Å². The van der Waals surface area contributed by atoms with Crippen LogP contribution in [-0.2, 0) is 6.18 Å². The molecule has 16 heavy (non-hydrogen) atoms. The third kappa shape index (κ3) is 3.37. The first-order chi connectivity index (χ1) is 7.30. The molecule has 0 bridgehead atoms. The number of aromatic nitrogens is 1. The quantitative estimate of drug-likeness (QED) is 0.597. The first-order valence-electron chi connectivity index (χ1n) is 4.24. The Morgan fingerprint density at radius 1 is 1.44 bits per heavy atom. The molecule has 1 heterocycles. The van der Waals surface area contributed by atoms with Crippen molar-refractivity contribution in [2.24, 2.45) is 4.99 Å². The minimum absolute atomic E-state index is 0.0366. The van der Waals surface area contributed by atoms with Crippen molar-refractivity contribution in [1.29, 1.82) is 0 Å². The Morgan fingerprint density at radius 2 is 2.06 bits per heavy atom. The summed E-state index contributed by atoms with van der Waals surface area (Å²) in [7, 11) is 3.40. The average Bonchev–Trinajstić information content (AvgIpc) is 2.14. The number of hydrogen-bond donors (Lipinski definition) is 0. The van der Waals surface area contributed by atoms with Crippen LogP contribution in [-0.4, -0.2) is 30.3 Å². The predicted octanol–water partition coefficient (Wildman–Crippen LogP) is 2.98. The number of pyridine rings is 1. The van der Waals surface area contributed by atoms with Crippen LogP contribution in [0.15, 0.2) is 17.3 Å². The van der Waals surface area contributed by atoms with E-state index >= 15 is 0 Å². The first-order valence-corrected chi connectivity index (χ1v) is 4.62. The van der Waals surface area contributed by atoms with Crippen molar-refractivity contribution in [2.75, 3.05) is 14.1 Å². The minimum atomic E-state index is -4.50. The van der Waals surface area contributed by atoms with E-state index < -0.39 is 16.8 Å². The van der Waals surface area contributed by atoms with Crippen molar-refractivity contribution in [3.63, 3.8) is 0 Å². The highest BCUT2D eigenvalue weighted by atomic mass is 35.5. The molecule has 0 N–H and O–H groups in total. The van der Waals surface area contributed by atoms with Gasteiger partial charge < -0.3 is 4.90 Å². The van der Waals surface area contributed by atoms with E-state index in [1.807, 2.05) is 0 Å². The van der Waals surface area contributed by atoms with Gasteiger partial charge in [0, 0.05) is 20.3 Å². The van der Waals surface area contributed by atoms with Crippen LogP contribution in [0.4, 0.5) is 19.0 Å². The molecule has 0 amide bonds. The van der Waals surface area contributed by atoms with Gasteiger partial charge in [-0.25, -0.2) is 9.98 Å². The van der Waals surface area contributed by atoms with E-state index in [0.29, 0.717) is 0 Å². The van der Waals surface area contributed by atoms with Gasteiger partial charge in [-0.05, 0) is 6.07 Å². The van der Waals surface area contributed by atoms with E-state index in [1.54, 1.807) is 19.0 Å². The molecule has 0 fully saturated rings. The summed E-state index contributed by atoms with van der Waals surface area (Å²) in [5.41, 5.74) is -0.935. The topological polar surface area (TPSA) is 28.5 Å². The number of aliphatic imine (C=N–C) groups is 1. The van der Waals surface area contributed by atoms with Crippen molar-refractivity contribution in [3.05, 3.63) is 22.8 Å². The second-order valence-electron chi connectivity index (χ2n) is 3.23. The Morgan fingerprint density at radius 3 is 2.56 bits per heavy atom. The molecule has 0 aromatic carbocycles. The second kappa shape index (κ2) is 4.69. The van der Waals surface area contributed by atoms with Gasteiger partial charge in [0.05, 0.1) is 16.9 Å². The van der Waals surface area contributed by atoms with Crippen LogP contribution in [0.25, 0.3) is 0 Å². The van der Waals surface area contributed by atoms with Crippen LogP contribution in [0.3, 0.4) is 0 Å². The molecule has 1 aromatic rings. The molecule has 0 aliphatic rings. The Hall–Kier alpha value is -1.30. The normalized spacial score (nSPS) is 12.1. The van der Waals surface area contributed by atoms with Crippen molar-refractivity contribution >= 4 is 23.8 Å². The number of alkyl halides is 3. The van der Waals surface area contributed by atoms with E-state index in [1.165, 1.54) is 6.34 Å². The zero-order chi connectivity index (χ0) is 12.3. The van der Waals surface area contributed by atoms with Crippen molar-refractivity contribution in [3.8, 4) is 0 Å². The highest BCUT2D eigenvalue weighted by molar-refractivity contribution is 6.31. The minimum Gasteiger partial charge on any atom is -0.369 e. The standard InChI is InChI=1S/C9H9ClF3N3/c1-16(2)5-15-8-3-6(9(11,12)13)7(10)4-14-8/h3-5H,1-2H3/b15-5+. The van der Waals surface area contributed by atoms with Gasteiger partial charge in [0.15, 0.2) is 5.82 Å². The van der Waals surface area contributed by atoms with Gasteiger partial charge in [-0.3, -0.25) is 0 Å². The number of nitrogens with zero attached hydrogens (tertiary/aromatic N) is 3. The number of rotatable bonds is 2. The average molecular weight is 252 g/mol. The van der Waals surface area contributed by atoms with Crippen LogP contribution in [0.5, 0.6) is 0 Å². The van der Waals surface area contributed by atoms with Crippen LogP contribution in [0, 0.1) is 0 Å². The summed E-state index contributed by atoms with van der Waals surface area (Å²) < 4.78 is 37.4. The second-order valence-corrected chi connectivity index (χ2v) is 3.64. The van der Waals surface area contributed by atoms with Crippen LogP contribution in [0.1, 0.15) is 5.56 Å². The van der Waals surface area contributed by atoms with E-state index in [2.05, 4.69) is 9.98 Å². The first kappa shape index (κ1) is 12.8. The smallest absolute Gasteiger partial charge is 0.369 e. The maximum atomic E-state index is 12.5. The van der Waals surface area contributed by atoms with Gasteiger partial charge in [0.1, 0.15) is 0 Å². The lowest BCUT2D eigenvalue weighted by atomic mass is 10.2. The van der Waals surface area contributed by atoms with Gasteiger partial charge in [-0.15, -0.1) is 0 Å². The van der Waals surface area contributed by atoms with Crippen LogP contribution in [0.2, 0.25) is 5.02 Å². The molecule has 0 saturated carbocycles. The van der Waals surface area contributed by atoms with Crippen LogP contribution < -0.4 is 0 Å². The summed E-state index contributed by atoms with van der Waals surface area (Å²) in [6.45, 7) is 0. The van der Waals surface area contributed by atoms with E-state index in [4.69, 9.17) is 11.6 Å². The zero-order valence-electron chi connectivity index (χ0n) is 8.59. The fourth-order valence-electron chi connectivity index (χ4n) is 0.890. The third-order valence-electron chi connectivity index (χ3n) is 1.57. The number of halogens is 4.